The van der Waals surface area contributed by atoms with E-state index >= 15 is 0 Å². The number of ether oxygens (including phenoxy) is 1. The van der Waals surface area contributed by atoms with Gasteiger partial charge in [-0.3, -0.25) is 9.59 Å². The number of benzene rings is 2. The minimum atomic E-state index is -0.280. The van der Waals surface area contributed by atoms with Crippen molar-refractivity contribution < 1.29 is 14.3 Å². The SMILES string of the molecule is CCC(=O)N1CCN(c2ccc(NC(=O)COc3ccc(Cl)c(C)c3)cc2Cl)CC1. The molecule has 6 nitrogen and oxygen atoms in total. The Morgan fingerprint density at radius 3 is 2.40 bits per heavy atom. The number of halogens is 2. The van der Waals surface area contributed by atoms with Crippen molar-refractivity contribution in [2.24, 2.45) is 0 Å². The number of piperazine rings is 1. The number of amides is 2. The first-order valence-corrected chi connectivity index (χ1v) is 10.6. The Morgan fingerprint density at radius 1 is 1.03 bits per heavy atom. The highest BCUT2D eigenvalue weighted by atomic mass is 35.5. The summed E-state index contributed by atoms with van der Waals surface area (Å²) in [6.45, 7) is 6.46. The lowest BCUT2D eigenvalue weighted by Gasteiger charge is -2.36. The van der Waals surface area contributed by atoms with Crippen LogP contribution in [0.15, 0.2) is 36.4 Å². The lowest BCUT2D eigenvalue weighted by atomic mass is 10.2. The normalized spacial score (nSPS) is 13.9. The molecule has 0 bridgehead atoms. The van der Waals surface area contributed by atoms with Crippen LogP contribution < -0.4 is 15.0 Å². The maximum absolute atomic E-state index is 12.2. The maximum Gasteiger partial charge on any atom is 0.262 e. The Bertz CT molecular complexity index is 928. The lowest BCUT2D eigenvalue weighted by Crippen LogP contribution is -2.48. The van der Waals surface area contributed by atoms with Crippen molar-refractivity contribution in [3.05, 3.63) is 52.0 Å². The molecule has 0 radical (unpaired) electrons. The quantitative estimate of drug-likeness (QED) is 0.710. The van der Waals surface area contributed by atoms with Gasteiger partial charge in [-0.1, -0.05) is 30.1 Å². The Morgan fingerprint density at radius 2 is 1.77 bits per heavy atom. The van der Waals surface area contributed by atoms with E-state index in [1.165, 1.54) is 0 Å². The molecule has 0 saturated carbocycles. The summed E-state index contributed by atoms with van der Waals surface area (Å²) in [6.07, 6.45) is 0.524. The van der Waals surface area contributed by atoms with Crippen LogP contribution in [0.1, 0.15) is 18.9 Å². The fourth-order valence-corrected chi connectivity index (χ4v) is 3.73. The molecule has 0 aromatic heterocycles. The summed E-state index contributed by atoms with van der Waals surface area (Å²) in [7, 11) is 0. The van der Waals surface area contributed by atoms with Gasteiger partial charge in [-0.2, -0.15) is 0 Å². The zero-order chi connectivity index (χ0) is 21.7. The summed E-state index contributed by atoms with van der Waals surface area (Å²) in [5.74, 6) is 0.481. The summed E-state index contributed by atoms with van der Waals surface area (Å²) in [5, 5.41) is 4.00. The predicted molar refractivity (Wildman–Crippen MR) is 121 cm³/mol. The van der Waals surface area contributed by atoms with Crippen molar-refractivity contribution in [2.75, 3.05) is 43.0 Å². The smallest absolute Gasteiger partial charge is 0.262 e. The molecule has 1 saturated heterocycles. The van der Waals surface area contributed by atoms with Gasteiger partial charge in [0.1, 0.15) is 5.75 Å². The third-order valence-corrected chi connectivity index (χ3v) is 5.73. The van der Waals surface area contributed by atoms with E-state index in [4.69, 9.17) is 27.9 Å². The van der Waals surface area contributed by atoms with Crippen LogP contribution in [-0.4, -0.2) is 49.5 Å². The molecule has 0 spiro atoms. The molecule has 0 aliphatic carbocycles. The molecule has 1 fully saturated rings. The largest absolute Gasteiger partial charge is 0.484 e. The zero-order valence-corrected chi connectivity index (χ0v) is 18.6. The number of carbonyl (C=O) groups is 2. The number of aryl methyl sites for hydroxylation is 1. The second-order valence-corrected chi connectivity index (χ2v) is 7.95. The molecule has 1 aliphatic heterocycles. The first-order chi connectivity index (χ1) is 14.4. The molecule has 160 valence electrons. The Labute approximate surface area is 186 Å². The van der Waals surface area contributed by atoms with E-state index in [1.807, 2.05) is 30.9 Å². The molecule has 0 atom stereocenters. The molecule has 3 rings (SSSR count). The van der Waals surface area contributed by atoms with Gasteiger partial charge in [0.05, 0.1) is 10.7 Å². The fraction of sp³-hybridized carbons (Fsp3) is 0.364. The molecule has 30 heavy (non-hydrogen) atoms. The lowest BCUT2D eigenvalue weighted by molar-refractivity contribution is -0.131. The van der Waals surface area contributed by atoms with Crippen LogP contribution in [0.3, 0.4) is 0 Å². The molecule has 8 heteroatoms. The van der Waals surface area contributed by atoms with E-state index < -0.39 is 0 Å². The predicted octanol–water partition coefficient (Wildman–Crippen LogP) is 4.38. The summed E-state index contributed by atoms with van der Waals surface area (Å²) < 4.78 is 5.52. The van der Waals surface area contributed by atoms with Crippen LogP contribution >= 0.6 is 23.2 Å². The Hall–Kier alpha value is -2.44. The molecule has 1 aliphatic rings. The van der Waals surface area contributed by atoms with Crippen LogP contribution in [0.25, 0.3) is 0 Å². The number of nitrogens with one attached hydrogen (secondary N) is 1. The van der Waals surface area contributed by atoms with Crippen molar-refractivity contribution in [3.8, 4) is 5.75 Å². The molecular weight excluding hydrogens is 425 g/mol. The van der Waals surface area contributed by atoms with Crippen LogP contribution in [0.5, 0.6) is 5.75 Å². The molecule has 2 amide bonds. The van der Waals surface area contributed by atoms with Crippen LogP contribution in [-0.2, 0) is 9.59 Å². The highest BCUT2D eigenvalue weighted by Crippen LogP contribution is 2.30. The molecule has 0 unspecified atom stereocenters. The monoisotopic (exact) mass is 449 g/mol. The number of nitrogens with zero attached hydrogens (tertiary/aromatic N) is 2. The standard InChI is InChI=1S/C22H25Cl2N3O3/c1-3-22(29)27-10-8-26(9-11-27)20-7-4-16(13-19(20)24)25-21(28)14-30-17-5-6-18(23)15(2)12-17/h4-7,12-13H,3,8-11,14H2,1-2H3,(H,25,28). The van der Waals surface area contributed by atoms with Gasteiger partial charge in [0.15, 0.2) is 6.61 Å². The number of hydrogen-bond donors (Lipinski definition) is 1. The van der Waals surface area contributed by atoms with E-state index in [9.17, 15) is 9.59 Å². The van der Waals surface area contributed by atoms with Crippen LogP contribution in [0.4, 0.5) is 11.4 Å². The van der Waals surface area contributed by atoms with Gasteiger partial charge in [0.2, 0.25) is 5.91 Å². The van der Waals surface area contributed by atoms with Crippen molar-refractivity contribution in [1.29, 1.82) is 0 Å². The van der Waals surface area contributed by atoms with Crippen molar-refractivity contribution in [2.45, 2.75) is 20.3 Å². The molecule has 2 aromatic carbocycles. The first kappa shape index (κ1) is 22.2. The van der Waals surface area contributed by atoms with Crippen molar-refractivity contribution in [3.63, 3.8) is 0 Å². The summed E-state index contributed by atoms with van der Waals surface area (Å²) in [5.41, 5.74) is 2.38. The minimum Gasteiger partial charge on any atom is -0.484 e. The average Bonchev–Trinajstić information content (AvgIpc) is 2.74. The van der Waals surface area contributed by atoms with E-state index in [0.717, 1.165) is 24.3 Å². The van der Waals surface area contributed by atoms with Crippen LogP contribution in [0, 0.1) is 6.92 Å². The number of anilines is 2. The topological polar surface area (TPSA) is 61.9 Å². The number of rotatable bonds is 6. The van der Waals surface area contributed by atoms with E-state index in [1.54, 1.807) is 24.3 Å². The molecule has 1 heterocycles. The average molecular weight is 450 g/mol. The maximum atomic E-state index is 12.2. The van der Waals surface area contributed by atoms with Crippen molar-refractivity contribution in [1.82, 2.24) is 4.90 Å². The van der Waals surface area contributed by atoms with Gasteiger partial charge < -0.3 is 19.9 Å². The van der Waals surface area contributed by atoms with Gasteiger partial charge >= 0.3 is 0 Å². The summed E-state index contributed by atoms with van der Waals surface area (Å²) >= 11 is 12.5. The highest BCUT2D eigenvalue weighted by molar-refractivity contribution is 6.33. The third kappa shape index (κ3) is 5.58. The number of hydrogen-bond acceptors (Lipinski definition) is 4. The van der Waals surface area contributed by atoms with E-state index in [-0.39, 0.29) is 18.4 Å². The summed E-state index contributed by atoms with van der Waals surface area (Å²) in [4.78, 5) is 28.1. The van der Waals surface area contributed by atoms with Crippen LogP contribution in [0.2, 0.25) is 10.0 Å². The fourth-order valence-electron chi connectivity index (χ4n) is 3.31. The Kier molecular flexibility index (Phi) is 7.45. The minimum absolute atomic E-state index is 0.117. The van der Waals surface area contributed by atoms with Gasteiger partial charge in [-0.25, -0.2) is 0 Å². The molecule has 1 N–H and O–H groups in total. The number of carbonyl (C=O) groups excluding carboxylic acids is 2. The first-order valence-electron chi connectivity index (χ1n) is 9.88. The third-order valence-electron chi connectivity index (χ3n) is 5.01. The molecular formula is C22H25Cl2N3O3. The van der Waals surface area contributed by atoms with Gasteiger partial charge in [-0.15, -0.1) is 0 Å². The van der Waals surface area contributed by atoms with Gasteiger partial charge in [0.25, 0.3) is 5.91 Å². The Balaban J connectivity index is 1.54. The second kappa shape index (κ2) is 10.0. The summed E-state index contributed by atoms with van der Waals surface area (Å²) in [6, 6.07) is 10.7. The van der Waals surface area contributed by atoms with E-state index in [2.05, 4.69) is 10.2 Å². The zero-order valence-electron chi connectivity index (χ0n) is 17.1. The van der Waals surface area contributed by atoms with E-state index in [0.29, 0.717) is 41.0 Å². The van der Waals surface area contributed by atoms with Crippen molar-refractivity contribution >= 4 is 46.4 Å². The molecule has 2 aromatic rings. The second-order valence-electron chi connectivity index (χ2n) is 7.14. The van der Waals surface area contributed by atoms with Gasteiger partial charge in [-0.05, 0) is 48.9 Å². The van der Waals surface area contributed by atoms with Gasteiger partial charge in [0, 0.05) is 43.3 Å². The highest BCUT2D eigenvalue weighted by Gasteiger charge is 2.21.